The number of rotatable bonds is 9. The van der Waals surface area contributed by atoms with Crippen molar-refractivity contribution >= 4 is 5.91 Å². The van der Waals surface area contributed by atoms with Crippen molar-refractivity contribution in [1.29, 1.82) is 0 Å². The lowest BCUT2D eigenvalue weighted by atomic mass is 10.1. The van der Waals surface area contributed by atoms with E-state index in [4.69, 9.17) is 9.47 Å². The molecule has 0 spiro atoms. The Hall–Kier alpha value is -1.75. The van der Waals surface area contributed by atoms with Crippen LogP contribution in [0.3, 0.4) is 0 Å². The van der Waals surface area contributed by atoms with Gasteiger partial charge < -0.3 is 14.8 Å². The van der Waals surface area contributed by atoms with Gasteiger partial charge in [0.15, 0.2) is 11.5 Å². The Balaban J connectivity index is 2.80. The summed E-state index contributed by atoms with van der Waals surface area (Å²) in [6, 6.07) is 5.78. The third-order valence-corrected chi connectivity index (χ3v) is 3.39. The molecule has 0 aromatic heterocycles. The van der Waals surface area contributed by atoms with E-state index in [0.29, 0.717) is 13.2 Å². The second-order valence-electron chi connectivity index (χ2n) is 5.85. The first-order valence-electron chi connectivity index (χ1n) is 8.34. The highest BCUT2D eigenvalue weighted by molar-refractivity contribution is 5.81. The number of carbonyl (C=O) groups excluding carboxylic acids is 1. The van der Waals surface area contributed by atoms with Crippen LogP contribution in [0.1, 0.15) is 53.1 Å². The predicted octanol–water partition coefficient (Wildman–Crippen LogP) is 3.05. The summed E-state index contributed by atoms with van der Waals surface area (Å²) in [6.07, 6.45) is 0. The maximum absolute atomic E-state index is 12.0. The molecule has 2 atom stereocenters. The smallest absolute Gasteiger partial charge is 0.237 e. The van der Waals surface area contributed by atoms with Gasteiger partial charge in [-0.05, 0) is 59.2 Å². The van der Waals surface area contributed by atoms with Crippen LogP contribution in [0.25, 0.3) is 0 Å². The molecule has 130 valence electrons. The van der Waals surface area contributed by atoms with Crippen molar-refractivity contribution < 1.29 is 14.3 Å². The normalized spacial score (nSPS) is 13.5. The van der Waals surface area contributed by atoms with E-state index in [1.807, 2.05) is 59.7 Å². The summed E-state index contributed by atoms with van der Waals surface area (Å²) in [4.78, 5) is 12.0. The number of nitrogens with one attached hydrogen (secondary N) is 2. The number of hydrogen-bond donors (Lipinski definition) is 2. The summed E-state index contributed by atoms with van der Waals surface area (Å²) in [5.74, 6) is 1.48. The largest absolute Gasteiger partial charge is 0.490 e. The molecule has 1 aromatic carbocycles. The minimum atomic E-state index is -0.269. The van der Waals surface area contributed by atoms with E-state index in [1.54, 1.807) is 0 Å². The molecular formula is C18H30N2O3. The lowest BCUT2D eigenvalue weighted by molar-refractivity contribution is -0.123. The monoisotopic (exact) mass is 322 g/mol. The molecular weight excluding hydrogens is 292 g/mol. The Bertz CT molecular complexity index is 503. The van der Waals surface area contributed by atoms with Gasteiger partial charge >= 0.3 is 0 Å². The van der Waals surface area contributed by atoms with Crippen molar-refractivity contribution in [3.8, 4) is 11.5 Å². The van der Waals surface area contributed by atoms with Crippen molar-refractivity contribution in [2.75, 3.05) is 13.2 Å². The van der Waals surface area contributed by atoms with E-state index in [2.05, 4.69) is 10.6 Å². The van der Waals surface area contributed by atoms with Crippen LogP contribution in [0.2, 0.25) is 0 Å². The van der Waals surface area contributed by atoms with Crippen LogP contribution >= 0.6 is 0 Å². The van der Waals surface area contributed by atoms with Crippen molar-refractivity contribution in [2.45, 2.75) is 59.7 Å². The lowest BCUT2D eigenvalue weighted by Gasteiger charge is -2.22. The summed E-state index contributed by atoms with van der Waals surface area (Å²) in [7, 11) is 0. The zero-order valence-electron chi connectivity index (χ0n) is 15.1. The maximum atomic E-state index is 12.0. The molecule has 1 aromatic rings. The first-order valence-corrected chi connectivity index (χ1v) is 8.34. The summed E-state index contributed by atoms with van der Waals surface area (Å²) in [5.41, 5.74) is 1.06. The van der Waals surface area contributed by atoms with Gasteiger partial charge in [0.25, 0.3) is 0 Å². The molecule has 0 unspecified atom stereocenters. The fraction of sp³-hybridized carbons (Fsp3) is 0.611. The summed E-state index contributed by atoms with van der Waals surface area (Å²) in [6.45, 7) is 12.9. The van der Waals surface area contributed by atoms with Gasteiger partial charge in [0.1, 0.15) is 0 Å². The molecule has 5 heteroatoms. The van der Waals surface area contributed by atoms with Gasteiger partial charge in [-0.3, -0.25) is 10.1 Å². The van der Waals surface area contributed by atoms with Crippen LogP contribution in [0, 0.1) is 0 Å². The molecule has 0 fully saturated rings. The Morgan fingerprint density at radius 2 is 1.65 bits per heavy atom. The van der Waals surface area contributed by atoms with E-state index in [9.17, 15) is 4.79 Å². The highest BCUT2D eigenvalue weighted by Gasteiger charge is 2.18. The summed E-state index contributed by atoms with van der Waals surface area (Å²) in [5, 5.41) is 6.22. The number of benzene rings is 1. The van der Waals surface area contributed by atoms with Gasteiger partial charge in [0, 0.05) is 12.1 Å². The number of amides is 1. The van der Waals surface area contributed by atoms with E-state index < -0.39 is 0 Å². The van der Waals surface area contributed by atoms with Gasteiger partial charge in [0.2, 0.25) is 5.91 Å². The molecule has 0 aliphatic rings. The van der Waals surface area contributed by atoms with E-state index in [1.165, 1.54) is 0 Å². The Morgan fingerprint density at radius 3 is 2.22 bits per heavy atom. The minimum absolute atomic E-state index is 0.00261. The predicted molar refractivity (Wildman–Crippen MR) is 93.1 cm³/mol. The third kappa shape index (κ3) is 6.10. The zero-order chi connectivity index (χ0) is 17.4. The van der Waals surface area contributed by atoms with E-state index in [-0.39, 0.29) is 24.0 Å². The lowest BCUT2D eigenvalue weighted by Crippen LogP contribution is -2.45. The molecule has 23 heavy (non-hydrogen) atoms. The first kappa shape index (κ1) is 19.3. The molecule has 0 bridgehead atoms. The molecule has 1 rings (SSSR count). The van der Waals surface area contributed by atoms with Crippen LogP contribution in [0.15, 0.2) is 18.2 Å². The fourth-order valence-electron chi connectivity index (χ4n) is 2.29. The Labute approximate surface area is 139 Å². The van der Waals surface area contributed by atoms with Gasteiger partial charge in [-0.2, -0.15) is 0 Å². The Morgan fingerprint density at radius 1 is 1.04 bits per heavy atom. The summed E-state index contributed by atoms with van der Waals surface area (Å²) < 4.78 is 11.2. The van der Waals surface area contributed by atoms with Gasteiger partial charge in [0.05, 0.1) is 19.3 Å². The van der Waals surface area contributed by atoms with Crippen LogP contribution in [-0.4, -0.2) is 31.2 Å². The first-order chi connectivity index (χ1) is 10.9. The Kier molecular flexibility index (Phi) is 7.89. The molecule has 0 saturated carbocycles. The number of carbonyl (C=O) groups is 1. The molecule has 1 amide bonds. The van der Waals surface area contributed by atoms with E-state index >= 15 is 0 Å². The van der Waals surface area contributed by atoms with Gasteiger partial charge in [-0.15, -0.1) is 0 Å². The second-order valence-corrected chi connectivity index (χ2v) is 5.85. The number of hydrogen-bond acceptors (Lipinski definition) is 4. The highest BCUT2D eigenvalue weighted by atomic mass is 16.5. The third-order valence-electron chi connectivity index (χ3n) is 3.39. The van der Waals surface area contributed by atoms with Crippen molar-refractivity contribution in [3.05, 3.63) is 23.8 Å². The van der Waals surface area contributed by atoms with E-state index in [0.717, 1.165) is 17.1 Å². The average molecular weight is 322 g/mol. The second kappa shape index (κ2) is 9.40. The van der Waals surface area contributed by atoms with Crippen molar-refractivity contribution in [1.82, 2.24) is 10.6 Å². The van der Waals surface area contributed by atoms with Gasteiger partial charge in [-0.1, -0.05) is 6.07 Å². The molecule has 0 heterocycles. The van der Waals surface area contributed by atoms with Gasteiger partial charge in [-0.25, -0.2) is 0 Å². The summed E-state index contributed by atoms with van der Waals surface area (Å²) >= 11 is 0. The molecule has 5 nitrogen and oxygen atoms in total. The van der Waals surface area contributed by atoms with Crippen LogP contribution in [-0.2, 0) is 4.79 Å². The van der Waals surface area contributed by atoms with Crippen LogP contribution < -0.4 is 20.1 Å². The van der Waals surface area contributed by atoms with Crippen LogP contribution in [0.5, 0.6) is 11.5 Å². The van der Waals surface area contributed by atoms with Crippen molar-refractivity contribution in [3.63, 3.8) is 0 Å². The standard InChI is InChI=1S/C18H30N2O3/c1-7-22-16-10-9-15(11-17(16)23-8-2)13(5)20-14(6)18(21)19-12(3)4/h9-14,20H,7-8H2,1-6H3,(H,19,21)/t13-,14+/m0/s1. The molecule has 0 aliphatic heterocycles. The minimum Gasteiger partial charge on any atom is -0.490 e. The highest BCUT2D eigenvalue weighted by Crippen LogP contribution is 2.30. The average Bonchev–Trinajstić information content (AvgIpc) is 2.48. The topological polar surface area (TPSA) is 59.6 Å². The molecule has 0 radical (unpaired) electrons. The van der Waals surface area contributed by atoms with Crippen molar-refractivity contribution in [2.24, 2.45) is 0 Å². The quantitative estimate of drug-likeness (QED) is 0.733. The molecule has 0 saturated heterocycles. The molecule has 0 aliphatic carbocycles. The SMILES string of the molecule is CCOc1ccc([C@H](C)N[C@H](C)C(=O)NC(C)C)cc1OCC. The molecule has 2 N–H and O–H groups in total. The van der Waals surface area contributed by atoms with Crippen LogP contribution in [0.4, 0.5) is 0 Å². The number of ether oxygens (including phenoxy) is 2. The zero-order valence-corrected chi connectivity index (χ0v) is 15.1. The maximum Gasteiger partial charge on any atom is 0.237 e. The fourth-order valence-corrected chi connectivity index (χ4v) is 2.29.